The van der Waals surface area contributed by atoms with E-state index < -0.39 is 0 Å². The molecule has 1 heterocycles. The fraction of sp³-hybridized carbons (Fsp3) is 0.889. The number of hydrogen-bond donors (Lipinski definition) is 0. The first-order chi connectivity index (χ1) is 10.3. The molecule has 0 aromatic heterocycles. The summed E-state index contributed by atoms with van der Waals surface area (Å²) in [6, 6.07) is 0. The molecule has 1 aliphatic heterocycles. The standard InChI is InChI=1S/C18H34N2O/c1-3-4-5-7-12-19(2)13-10-17-21-18-11-16-20-14-8-6-9-15-20/h5-18H2,1-2H3. The molecule has 0 spiro atoms. The second kappa shape index (κ2) is 13.1. The van der Waals surface area contributed by atoms with Crippen molar-refractivity contribution in [3.8, 4) is 11.8 Å². The Morgan fingerprint density at radius 1 is 1.00 bits per heavy atom. The zero-order valence-corrected chi connectivity index (χ0v) is 14.2. The van der Waals surface area contributed by atoms with Crippen molar-refractivity contribution in [1.82, 2.24) is 9.80 Å². The number of nitrogens with zero attached hydrogens (tertiary/aromatic N) is 2. The van der Waals surface area contributed by atoms with Gasteiger partial charge in [0.15, 0.2) is 0 Å². The second-order valence-electron chi connectivity index (χ2n) is 6.06. The van der Waals surface area contributed by atoms with Crippen molar-refractivity contribution in [3.05, 3.63) is 0 Å². The van der Waals surface area contributed by atoms with E-state index >= 15 is 0 Å². The third-order valence-corrected chi connectivity index (χ3v) is 4.06. The lowest BCUT2D eigenvalue weighted by Gasteiger charge is -2.26. The number of hydrogen-bond acceptors (Lipinski definition) is 3. The first kappa shape index (κ1) is 18.5. The molecule has 0 N–H and O–H groups in total. The molecule has 1 fully saturated rings. The van der Waals surface area contributed by atoms with E-state index in [1.165, 1.54) is 51.7 Å². The van der Waals surface area contributed by atoms with Crippen LogP contribution < -0.4 is 0 Å². The van der Waals surface area contributed by atoms with Gasteiger partial charge in [0.2, 0.25) is 0 Å². The van der Waals surface area contributed by atoms with Crippen molar-refractivity contribution in [2.24, 2.45) is 0 Å². The lowest BCUT2D eigenvalue weighted by molar-refractivity contribution is 0.109. The van der Waals surface area contributed by atoms with Crippen LogP contribution in [-0.4, -0.2) is 62.8 Å². The van der Waals surface area contributed by atoms with Crippen LogP contribution in [0.15, 0.2) is 0 Å². The highest BCUT2D eigenvalue weighted by Crippen LogP contribution is 2.08. The van der Waals surface area contributed by atoms with Crippen LogP contribution in [0, 0.1) is 11.8 Å². The molecule has 1 aliphatic rings. The average Bonchev–Trinajstić information content (AvgIpc) is 2.51. The summed E-state index contributed by atoms with van der Waals surface area (Å²) in [7, 11) is 2.19. The summed E-state index contributed by atoms with van der Waals surface area (Å²) in [6.07, 6.45) is 8.71. The van der Waals surface area contributed by atoms with Crippen molar-refractivity contribution in [3.63, 3.8) is 0 Å². The van der Waals surface area contributed by atoms with Crippen molar-refractivity contribution in [1.29, 1.82) is 0 Å². The van der Waals surface area contributed by atoms with Crippen LogP contribution in [0.5, 0.6) is 0 Å². The third kappa shape index (κ3) is 10.8. The SMILES string of the molecule is CC#CCCCN(C)CCCOCCCN1CCCCC1. The molecule has 0 aromatic rings. The Balaban J connectivity index is 1.81. The van der Waals surface area contributed by atoms with Gasteiger partial charge in [-0.1, -0.05) is 6.42 Å². The number of rotatable bonds is 11. The number of unbranched alkanes of at least 4 members (excludes halogenated alkanes) is 1. The molecule has 0 aromatic carbocycles. The van der Waals surface area contributed by atoms with E-state index in [1.54, 1.807) is 0 Å². The average molecular weight is 294 g/mol. The zero-order valence-electron chi connectivity index (χ0n) is 14.2. The zero-order chi connectivity index (χ0) is 15.2. The fourth-order valence-corrected chi connectivity index (χ4v) is 2.79. The molecule has 0 atom stereocenters. The summed E-state index contributed by atoms with van der Waals surface area (Å²) in [5, 5.41) is 0. The third-order valence-electron chi connectivity index (χ3n) is 4.06. The van der Waals surface area contributed by atoms with Crippen LogP contribution >= 0.6 is 0 Å². The number of ether oxygens (including phenoxy) is 1. The quantitative estimate of drug-likeness (QED) is 0.430. The van der Waals surface area contributed by atoms with E-state index in [0.717, 1.165) is 39.1 Å². The minimum atomic E-state index is 0.902. The molecular formula is C18H34N2O. The second-order valence-corrected chi connectivity index (χ2v) is 6.06. The Morgan fingerprint density at radius 3 is 2.48 bits per heavy atom. The maximum atomic E-state index is 5.74. The minimum Gasteiger partial charge on any atom is -0.381 e. The molecule has 3 heteroatoms. The lowest BCUT2D eigenvalue weighted by atomic mass is 10.1. The normalized spacial score (nSPS) is 16.0. The molecule has 0 saturated carbocycles. The molecule has 0 amide bonds. The molecule has 1 rings (SSSR count). The number of piperidine rings is 1. The first-order valence-corrected chi connectivity index (χ1v) is 8.71. The summed E-state index contributed by atoms with van der Waals surface area (Å²) >= 11 is 0. The van der Waals surface area contributed by atoms with Crippen LogP contribution in [-0.2, 0) is 4.74 Å². The Bertz CT molecular complexity index is 289. The summed E-state index contributed by atoms with van der Waals surface area (Å²) in [5.74, 6) is 6.06. The smallest absolute Gasteiger partial charge is 0.0478 e. The van der Waals surface area contributed by atoms with Crippen LogP contribution in [0.4, 0.5) is 0 Å². The van der Waals surface area contributed by atoms with E-state index in [4.69, 9.17) is 4.74 Å². The molecule has 0 unspecified atom stereocenters. The number of likely N-dealkylation sites (tertiary alicyclic amines) is 1. The van der Waals surface area contributed by atoms with Crippen LogP contribution in [0.1, 0.15) is 51.9 Å². The fourth-order valence-electron chi connectivity index (χ4n) is 2.79. The van der Waals surface area contributed by atoms with E-state index in [1.807, 2.05) is 6.92 Å². The van der Waals surface area contributed by atoms with Crippen molar-refractivity contribution < 1.29 is 4.74 Å². The van der Waals surface area contributed by atoms with Gasteiger partial charge in [0, 0.05) is 32.7 Å². The van der Waals surface area contributed by atoms with Crippen molar-refractivity contribution >= 4 is 0 Å². The van der Waals surface area contributed by atoms with E-state index in [-0.39, 0.29) is 0 Å². The molecule has 0 bridgehead atoms. The topological polar surface area (TPSA) is 15.7 Å². The Morgan fingerprint density at radius 2 is 1.71 bits per heavy atom. The van der Waals surface area contributed by atoms with Gasteiger partial charge in [0.25, 0.3) is 0 Å². The van der Waals surface area contributed by atoms with Crippen LogP contribution in [0.25, 0.3) is 0 Å². The predicted octanol–water partition coefficient (Wildman–Crippen LogP) is 3.00. The summed E-state index contributed by atoms with van der Waals surface area (Å²) in [4.78, 5) is 4.97. The highest BCUT2D eigenvalue weighted by atomic mass is 16.5. The van der Waals surface area contributed by atoms with Gasteiger partial charge in [0.05, 0.1) is 0 Å². The lowest BCUT2D eigenvalue weighted by Crippen LogP contribution is -2.31. The van der Waals surface area contributed by atoms with Gasteiger partial charge in [0.1, 0.15) is 0 Å². The molecule has 21 heavy (non-hydrogen) atoms. The molecule has 122 valence electrons. The molecule has 3 nitrogen and oxygen atoms in total. The maximum absolute atomic E-state index is 5.74. The van der Waals surface area contributed by atoms with Gasteiger partial charge in [-0.15, -0.1) is 11.8 Å². The van der Waals surface area contributed by atoms with Gasteiger partial charge >= 0.3 is 0 Å². The van der Waals surface area contributed by atoms with Gasteiger partial charge in [-0.05, 0) is 65.7 Å². The molecule has 0 radical (unpaired) electrons. The van der Waals surface area contributed by atoms with E-state index in [2.05, 4.69) is 28.7 Å². The van der Waals surface area contributed by atoms with Gasteiger partial charge < -0.3 is 14.5 Å². The van der Waals surface area contributed by atoms with E-state index in [9.17, 15) is 0 Å². The minimum absolute atomic E-state index is 0.902. The van der Waals surface area contributed by atoms with Gasteiger partial charge in [-0.25, -0.2) is 0 Å². The predicted molar refractivity (Wildman–Crippen MR) is 90.5 cm³/mol. The Hall–Kier alpha value is -0.560. The summed E-state index contributed by atoms with van der Waals surface area (Å²) in [5.41, 5.74) is 0. The van der Waals surface area contributed by atoms with Gasteiger partial charge in [-0.2, -0.15) is 0 Å². The maximum Gasteiger partial charge on any atom is 0.0478 e. The first-order valence-electron chi connectivity index (χ1n) is 8.71. The van der Waals surface area contributed by atoms with Gasteiger partial charge in [-0.3, -0.25) is 0 Å². The highest BCUT2D eigenvalue weighted by molar-refractivity contribution is 4.94. The molecule has 0 aliphatic carbocycles. The monoisotopic (exact) mass is 294 g/mol. The van der Waals surface area contributed by atoms with Crippen LogP contribution in [0.2, 0.25) is 0 Å². The summed E-state index contributed by atoms with van der Waals surface area (Å²) in [6.45, 7) is 9.83. The van der Waals surface area contributed by atoms with Crippen molar-refractivity contribution in [2.75, 3.05) is 53.0 Å². The Kier molecular flexibility index (Phi) is 11.6. The van der Waals surface area contributed by atoms with Crippen LogP contribution in [0.3, 0.4) is 0 Å². The van der Waals surface area contributed by atoms with E-state index in [0.29, 0.717) is 0 Å². The highest BCUT2D eigenvalue weighted by Gasteiger charge is 2.08. The van der Waals surface area contributed by atoms with Crippen molar-refractivity contribution in [2.45, 2.75) is 51.9 Å². The molecule has 1 saturated heterocycles. The Labute approximate surface area is 132 Å². The summed E-state index contributed by atoms with van der Waals surface area (Å²) < 4.78 is 5.74. The molecular weight excluding hydrogens is 260 g/mol. The largest absolute Gasteiger partial charge is 0.381 e.